The molecule has 1 aliphatic rings. The molecule has 4 rings (SSSR count). The molecule has 2 N–H and O–H groups in total. The zero-order valence-electron chi connectivity index (χ0n) is 14.4. The van der Waals surface area contributed by atoms with Crippen LogP contribution in [0.2, 0.25) is 0 Å². The van der Waals surface area contributed by atoms with Gasteiger partial charge in [-0.3, -0.25) is 4.79 Å². The Kier molecular flexibility index (Phi) is 4.00. The summed E-state index contributed by atoms with van der Waals surface area (Å²) in [4.78, 5) is 21.0. The maximum Gasteiger partial charge on any atom is 0.266 e. The number of likely N-dealkylation sites (tertiary alicyclic amines) is 1. The van der Waals surface area contributed by atoms with E-state index in [0.29, 0.717) is 16.5 Å². The van der Waals surface area contributed by atoms with Crippen LogP contribution in [-0.2, 0) is 0 Å². The van der Waals surface area contributed by atoms with Crippen molar-refractivity contribution in [2.24, 2.45) is 5.92 Å². The number of nitrogen functional groups attached to an aromatic ring is 1. The number of thiophene rings is 1. The molecule has 1 amide bonds. The first-order valence-corrected chi connectivity index (χ1v) is 9.34. The van der Waals surface area contributed by atoms with Crippen molar-refractivity contribution in [3.05, 3.63) is 29.1 Å². The first kappa shape index (κ1) is 16.1. The Morgan fingerprint density at radius 1 is 1.40 bits per heavy atom. The average molecular weight is 355 g/mol. The summed E-state index contributed by atoms with van der Waals surface area (Å²) in [6, 6.07) is 7.78. The summed E-state index contributed by atoms with van der Waals surface area (Å²) in [7, 11) is 1.64. The van der Waals surface area contributed by atoms with E-state index >= 15 is 0 Å². The van der Waals surface area contributed by atoms with Gasteiger partial charge in [-0.25, -0.2) is 4.98 Å². The number of hydrogen-bond acceptors (Lipinski definition) is 5. The minimum absolute atomic E-state index is 0.0358. The van der Waals surface area contributed by atoms with Gasteiger partial charge in [0.05, 0.1) is 18.3 Å². The third-order valence-electron chi connectivity index (χ3n) is 4.86. The molecule has 3 aromatic rings. The van der Waals surface area contributed by atoms with Crippen LogP contribution in [0.3, 0.4) is 0 Å². The lowest BCUT2D eigenvalue weighted by Crippen LogP contribution is -2.38. The summed E-state index contributed by atoms with van der Waals surface area (Å²) in [5.41, 5.74) is 7.72. The summed E-state index contributed by atoms with van der Waals surface area (Å²) in [6.07, 6.45) is 2.24. The topological polar surface area (TPSA) is 68.5 Å². The Morgan fingerprint density at radius 3 is 3.00 bits per heavy atom. The van der Waals surface area contributed by atoms with Crippen LogP contribution < -0.4 is 10.5 Å². The fourth-order valence-corrected chi connectivity index (χ4v) is 4.53. The number of piperidine rings is 1. The highest BCUT2D eigenvalue weighted by atomic mass is 32.1. The van der Waals surface area contributed by atoms with Gasteiger partial charge in [-0.05, 0) is 37.0 Å². The number of aromatic nitrogens is 1. The Morgan fingerprint density at radius 2 is 2.24 bits per heavy atom. The van der Waals surface area contributed by atoms with E-state index in [1.165, 1.54) is 17.8 Å². The summed E-state index contributed by atoms with van der Waals surface area (Å²) in [6.45, 7) is 3.80. The summed E-state index contributed by atoms with van der Waals surface area (Å²) in [5.74, 6) is 1.35. The average Bonchev–Trinajstić information content (AvgIpc) is 2.94. The molecule has 2 aromatic heterocycles. The molecule has 1 atom stereocenters. The molecule has 1 aromatic carbocycles. The van der Waals surface area contributed by atoms with Gasteiger partial charge in [0.15, 0.2) is 0 Å². The predicted octanol–water partition coefficient (Wildman–Crippen LogP) is 3.91. The molecular formula is C19H21N3O2S. The molecule has 0 aliphatic carbocycles. The number of benzene rings is 1. The highest BCUT2D eigenvalue weighted by molar-refractivity contribution is 7.21. The number of methoxy groups -OCH3 is 1. The van der Waals surface area contributed by atoms with Crippen molar-refractivity contribution in [1.29, 1.82) is 0 Å². The summed E-state index contributed by atoms with van der Waals surface area (Å²) < 4.78 is 5.27. The number of nitrogens with two attached hydrogens (primary N) is 1. The molecular weight excluding hydrogens is 334 g/mol. The van der Waals surface area contributed by atoms with E-state index in [2.05, 4.69) is 6.92 Å². The van der Waals surface area contributed by atoms with Crippen LogP contribution >= 0.6 is 11.3 Å². The maximum absolute atomic E-state index is 12.9. The lowest BCUT2D eigenvalue weighted by atomic mass is 10.00. The van der Waals surface area contributed by atoms with E-state index in [4.69, 9.17) is 15.5 Å². The summed E-state index contributed by atoms with van der Waals surface area (Å²) >= 11 is 1.39. The quantitative estimate of drug-likeness (QED) is 0.757. The fourth-order valence-electron chi connectivity index (χ4n) is 3.48. The van der Waals surface area contributed by atoms with E-state index in [1.807, 2.05) is 29.2 Å². The molecule has 0 bridgehead atoms. The van der Waals surface area contributed by atoms with Crippen LogP contribution in [-0.4, -0.2) is 36.0 Å². The number of anilines is 1. The second kappa shape index (κ2) is 6.19. The SMILES string of the molecule is COc1ccc2cc3c(N)c(C(=O)N4CCCC(C)C4)sc3nc2c1. The molecule has 0 radical (unpaired) electrons. The van der Waals surface area contributed by atoms with E-state index in [9.17, 15) is 4.79 Å². The Bertz CT molecular complexity index is 966. The van der Waals surface area contributed by atoms with Crippen molar-refractivity contribution in [1.82, 2.24) is 9.88 Å². The van der Waals surface area contributed by atoms with Gasteiger partial charge in [0, 0.05) is 29.9 Å². The maximum atomic E-state index is 12.9. The van der Waals surface area contributed by atoms with Gasteiger partial charge in [0.1, 0.15) is 15.5 Å². The molecule has 25 heavy (non-hydrogen) atoms. The van der Waals surface area contributed by atoms with E-state index in [1.54, 1.807) is 7.11 Å². The van der Waals surface area contributed by atoms with Gasteiger partial charge in [0.2, 0.25) is 0 Å². The normalized spacial score (nSPS) is 18.0. The molecule has 5 nitrogen and oxygen atoms in total. The van der Waals surface area contributed by atoms with Crippen LogP contribution in [0.4, 0.5) is 5.69 Å². The lowest BCUT2D eigenvalue weighted by molar-refractivity contribution is 0.0689. The largest absolute Gasteiger partial charge is 0.497 e. The van der Waals surface area contributed by atoms with Gasteiger partial charge in [-0.2, -0.15) is 0 Å². The molecule has 1 unspecified atom stereocenters. The number of carbonyl (C=O) groups excluding carboxylic acids is 1. The first-order chi connectivity index (χ1) is 12.1. The molecule has 0 saturated carbocycles. The van der Waals surface area contributed by atoms with E-state index in [0.717, 1.165) is 46.4 Å². The van der Waals surface area contributed by atoms with Gasteiger partial charge >= 0.3 is 0 Å². The third kappa shape index (κ3) is 2.80. The van der Waals surface area contributed by atoms with Crippen molar-refractivity contribution in [2.75, 3.05) is 25.9 Å². The molecule has 1 aliphatic heterocycles. The van der Waals surface area contributed by atoms with E-state index < -0.39 is 0 Å². The zero-order chi connectivity index (χ0) is 17.6. The van der Waals surface area contributed by atoms with Crippen molar-refractivity contribution < 1.29 is 9.53 Å². The number of ether oxygens (including phenoxy) is 1. The highest BCUT2D eigenvalue weighted by Crippen LogP contribution is 2.36. The second-order valence-corrected chi connectivity index (χ2v) is 7.74. The first-order valence-electron chi connectivity index (χ1n) is 8.53. The number of nitrogens with zero attached hydrogens (tertiary/aromatic N) is 2. The lowest BCUT2D eigenvalue weighted by Gasteiger charge is -2.30. The zero-order valence-corrected chi connectivity index (χ0v) is 15.2. The Balaban J connectivity index is 1.78. The van der Waals surface area contributed by atoms with Gasteiger partial charge in [-0.1, -0.05) is 6.92 Å². The number of pyridine rings is 1. The minimum Gasteiger partial charge on any atom is -0.497 e. The Labute approximate surface area is 150 Å². The minimum atomic E-state index is 0.0358. The molecule has 1 saturated heterocycles. The Hall–Kier alpha value is -2.34. The monoisotopic (exact) mass is 355 g/mol. The fraction of sp³-hybridized carbons (Fsp3) is 0.368. The molecule has 3 heterocycles. The van der Waals surface area contributed by atoms with Gasteiger partial charge < -0.3 is 15.4 Å². The van der Waals surface area contributed by atoms with Crippen LogP contribution in [0.1, 0.15) is 29.4 Å². The van der Waals surface area contributed by atoms with Gasteiger partial charge in [0.25, 0.3) is 5.91 Å². The molecule has 130 valence electrons. The van der Waals surface area contributed by atoms with Crippen molar-refractivity contribution in [3.63, 3.8) is 0 Å². The van der Waals surface area contributed by atoms with Crippen molar-refractivity contribution in [2.45, 2.75) is 19.8 Å². The molecule has 1 fully saturated rings. The number of amides is 1. The number of hydrogen-bond donors (Lipinski definition) is 1. The number of rotatable bonds is 2. The van der Waals surface area contributed by atoms with Crippen LogP contribution in [0.25, 0.3) is 21.1 Å². The molecule has 6 heteroatoms. The van der Waals surface area contributed by atoms with Crippen LogP contribution in [0.15, 0.2) is 24.3 Å². The summed E-state index contributed by atoms with van der Waals surface area (Å²) in [5, 5.41) is 1.85. The smallest absolute Gasteiger partial charge is 0.266 e. The third-order valence-corrected chi connectivity index (χ3v) is 5.97. The van der Waals surface area contributed by atoms with Gasteiger partial charge in [-0.15, -0.1) is 11.3 Å². The van der Waals surface area contributed by atoms with Crippen LogP contribution in [0.5, 0.6) is 5.75 Å². The number of carbonyl (C=O) groups is 1. The molecule has 0 spiro atoms. The predicted molar refractivity (Wildman–Crippen MR) is 102 cm³/mol. The van der Waals surface area contributed by atoms with Crippen LogP contribution in [0, 0.1) is 5.92 Å². The van der Waals surface area contributed by atoms with Crippen molar-refractivity contribution in [3.8, 4) is 5.75 Å². The highest BCUT2D eigenvalue weighted by Gasteiger charge is 2.26. The van der Waals surface area contributed by atoms with Crippen molar-refractivity contribution >= 4 is 44.1 Å². The number of fused-ring (bicyclic) bond motifs is 2. The van der Waals surface area contributed by atoms with E-state index in [-0.39, 0.29) is 5.91 Å². The standard InChI is InChI=1S/C19H21N3O2S/c1-11-4-3-7-22(10-11)19(23)17-16(20)14-8-12-5-6-13(24-2)9-15(12)21-18(14)25-17/h5-6,8-9,11H,3-4,7,10,20H2,1-2H3. The second-order valence-electron chi connectivity index (χ2n) is 6.74.